The van der Waals surface area contributed by atoms with Crippen LogP contribution in [0.3, 0.4) is 0 Å². The van der Waals surface area contributed by atoms with Crippen LogP contribution in [0.15, 0.2) is 10.8 Å². The zero-order chi connectivity index (χ0) is 12.4. The molecule has 2 aromatic rings. The molecule has 2 rings (SSSR count). The predicted molar refractivity (Wildman–Crippen MR) is 73.7 cm³/mol. The zero-order valence-corrected chi connectivity index (χ0v) is 11.5. The Morgan fingerprint density at radius 3 is 2.53 bits per heavy atom. The first kappa shape index (κ1) is 12.0. The molecule has 90 valence electrons. The number of hydrogen-bond acceptors (Lipinski definition) is 4. The van der Waals surface area contributed by atoms with Crippen LogP contribution in [0.1, 0.15) is 23.7 Å². The highest BCUT2D eigenvalue weighted by molar-refractivity contribution is 7.08. The molecule has 0 unspecified atom stereocenters. The molecule has 0 aliphatic rings. The summed E-state index contributed by atoms with van der Waals surface area (Å²) < 4.78 is 0. The Bertz CT molecular complexity index is 531. The highest BCUT2D eigenvalue weighted by Crippen LogP contribution is 2.26. The summed E-state index contributed by atoms with van der Waals surface area (Å²) in [5.41, 5.74) is 4.54. The van der Waals surface area contributed by atoms with E-state index in [1.54, 1.807) is 11.3 Å². The van der Waals surface area contributed by atoms with Crippen molar-refractivity contribution in [2.45, 2.75) is 27.7 Å². The number of nitrogens with one attached hydrogen (secondary N) is 1. The monoisotopic (exact) mass is 247 g/mol. The molecule has 0 fully saturated rings. The van der Waals surface area contributed by atoms with Crippen LogP contribution < -0.4 is 5.32 Å². The van der Waals surface area contributed by atoms with Gasteiger partial charge in [-0.05, 0) is 38.6 Å². The topological polar surface area (TPSA) is 37.8 Å². The Labute approximate surface area is 106 Å². The maximum atomic E-state index is 4.61. The van der Waals surface area contributed by atoms with Gasteiger partial charge in [0, 0.05) is 28.7 Å². The summed E-state index contributed by atoms with van der Waals surface area (Å²) in [6, 6.07) is 0. The molecule has 17 heavy (non-hydrogen) atoms. The predicted octanol–water partition coefficient (Wildman–Crippen LogP) is 3.56. The minimum Gasteiger partial charge on any atom is -0.370 e. The smallest absolute Gasteiger partial charge is 0.162 e. The Morgan fingerprint density at radius 1 is 1.18 bits per heavy atom. The fourth-order valence-electron chi connectivity index (χ4n) is 1.68. The average Bonchev–Trinajstić information content (AvgIpc) is 2.71. The number of aromatic nitrogens is 2. The molecule has 0 atom stereocenters. The Hall–Kier alpha value is -1.42. The lowest BCUT2D eigenvalue weighted by Crippen LogP contribution is -2.06. The largest absolute Gasteiger partial charge is 0.370 e. The van der Waals surface area contributed by atoms with Crippen molar-refractivity contribution in [2.24, 2.45) is 0 Å². The molecule has 0 amide bonds. The molecular formula is C13H17N3S. The molecule has 2 aromatic heterocycles. The lowest BCUT2D eigenvalue weighted by atomic mass is 10.2. The van der Waals surface area contributed by atoms with E-state index in [-0.39, 0.29) is 0 Å². The Kier molecular flexibility index (Phi) is 3.43. The van der Waals surface area contributed by atoms with Crippen LogP contribution in [-0.4, -0.2) is 16.5 Å². The first-order chi connectivity index (χ1) is 8.13. The van der Waals surface area contributed by atoms with E-state index in [0.29, 0.717) is 0 Å². The molecule has 2 heterocycles. The third-order valence-corrected chi connectivity index (χ3v) is 3.69. The van der Waals surface area contributed by atoms with Gasteiger partial charge in [-0.3, -0.25) is 0 Å². The fraction of sp³-hybridized carbons (Fsp3) is 0.385. The summed E-state index contributed by atoms with van der Waals surface area (Å²) in [4.78, 5) is 9.19. The van der Waals surface area contributed by atoms with Crippen LogP contribution in [0, 0.1) is 20.8 Å². The van der Waals surface area contributed by atoms with E-state index in [4.69, 9.17) is 0 Å². The van der Waals surface area contributed by atoms with Gasteiger partial charge in [-0.25, -0.2) is 9.97 Å². The van der Waals surface area contributed by atoms with Gasteiger partial charge in [-0.2, -0.15) is 11.3 Å². The van der Waals surface area contributed by atoms with Gasteiger partial charge in [-0.15, -0.1) is 0 Å². The average molecular weight is 247 g/mol. The number of nitrogens with zero attached hydrogens (tertiary/aromatic N) is 2. The van der Waals surface area contributed by atoms with Gasteiger partial charge in [0.05, 0.1) is 0 Å². The van der Waals surface area contributed by atoms with E-state index in [9.17, 15) is 0 Å². The lowest BCUT2D eigenvalue weighted by Gasteiger charge is -2.10. The first-order valence-electron chi connectivity index (χ1n) is 5.75. The van der Waals surface area contributed by atoms with E-state index in [1.165, 1.54) is 5.56 Å². The second kappa shape index (κ2) is 4.84. The fourth-order valence-corrected chi connectivity index (χ4v) is 2.50. The molecule has 0 radical (unpaired) electrons. The van der Waals surface area contributed by atoms with Gasteiger partial charge in [0.1, 0.15) is 5.82 Å². The van der Waals surface area contributed by atoms with Crippen molar-refractivity contribution in [1.82, 2.24) is 9.97 Å². The van der Waals surface area contributed by atoms with E-state index >= 15 is 0 Å². The molecular weight excluding hydrogens is 230 g/mol. The maximum Gasteiger partial charge on any atom is 0.162 e. The summed E-state index contributed by atoms with van der Waals surface area (Å²) in [5.74, 6) is 1.77. The molecule has 0 bridgehead atoms. The molecule has 0 aliphatic carbocycles. The van der Waals surface area contributed by atoms with Gasteiger partial charge in [0.2, 0.25) is 0 Å². The second-order valence-corrected chi connectivity index (χ2v) is 4.85. The summed E-state index contributed by atoms with van der Waals surface area (Å²) >= 11 is 1.69. The van der Waals surface area contributed by atoms with E-state index in [1.807, 2.05) is 6.92 Å². The van der Waals surface area contributed by atoms with Crippen LogP contribution in [0.25, 0.3) is 11.4 Å². The van der Waals surface area contributed by atoms with Crippen molar-refractivity contribution < 1.29 is 0 Å². The van der Waals surface area contributed by atoms with Gasteiger partial charge < -0.3 is 5.32 Å². The molecule has 3 nitrogen and oxygen atoms in total. The maximum absolute atomic E-state index is 4.61. The molecule has 0 saturated heterocycles. The lowest BCUT2D eigenvalue weighted by molar-refractivity contribution is 1.05. The number of hydrogen-bond donors (Lipinski definition) is 1. The van der Waals surface area contributed by atoms with Crippen molar-refractivity contribution in [1.29, 1.82) is 0 Å². The molecule has 4 heteroatoms. The second-order valence-electron chi connectivity index (χ2n) is 4.11. The van der Waals surface area contributed by atoms with Gasteiger partial charge in [0.15, 0.2) is 5.82 Å². The summed E-state index contributed by atoms with van der Waals surface area (Å²) in [6.45, 7) is 9.13. The Balaban J connectivity index is 2.53. The van der Waals surface area contributed by atoms with Crippen LogP contribution in [0.2, 0.25) is 0 Å². The van der Waals surface area contributed by atoms with E-state index < -0.39 is 0 Å². The SMILES string of the molecule is CCNc1nc(-c2cscc2C)nc(C)c1C. The minimum absolute atomic E-state index is 0.822. The molecule has 1 N–H and O–H groups in total. The number of thiophene rings is 1. The first-order valence-corrected chi connectivity index (χ1v) is 6.70. The number of anilines is 1. The number of aryl methyl sites for hydroxylation is 2. The van der Waals surface area contributed by atoms with Gasteiger partial charge in [0.25, 0.3) is 0 Å². The van der Waals surface area contributed by atoms with Crippen LogP contribution >= 0.6 is 11.3 Å². The Morgan fingerprint density at radius 2 is 1.94 bits per heavy atom. The zero-order valence-electron chi connectivity index (χ0n) is 10.7. The highest BCUT2D eigenvalue weighted by atomic mass is 32.1. The van der Waals surface area contributed by atoms with Crippen molar-refractivity contribution in [3.05, 3.63) is 27.6 Å². The van der Waals surface area contributed by atoms with Gasteiger partial charge >= 0.3 is 0 Å². The van der Waals surface area contributed by atoms with Crippen molar-refractivity contribution in [2.75, 3.05) is 11.9 Å². The standard InChI is InChI=1S/C13H17N3S/c1-5-14-12-9(3)10(4)15-13(16-12)11-7-17-6-8(11)2/h6-7H,5H2,1-4H3,(H,14,15,16). The normalized spacial score (nSPS) is 10.6. The van der Waals surface area contributed by atoms with E-state index in [2.05, 4.69) is 46.8 Å². The molecule has 0 aliphatic heterocycles. The molecule has 0 spiro atoms. The summed E-state index contributed by atoms with van der Waals surface area (Å²) in [7, 11) is 0. The van der Waals surface area contributed by atoms with Crippen molar-refractivity contribution in [3.63, 3.8) is 0 Å². The van der Waals surface area contributed by atoms with Crippen LogP contribution in [-0.2, 0) is 0 Å². The van der Waals surface area contributed by atoms with Crippen molar-refractivity contribution >= 4 is 17.2 Å². The quantitative estimate of drug-likeness (QED) is 0.901. The summed E-state index contributed by atoms with van der Waals surface area (Å²) in [6.07, 6.45) is 0. The van der Waals surface area contributed by atoms with Crippen molar-refractivity contribution in [3.8, 4) is 11.4 Å². The molecule has 0 aromatic carbocycles. The summed E-state index contributed by atoms with van der Waals surface area (Å²) in [5, 5.41) is 7.52. The number of rotatable bonds is 3. The third kappa shape index (κ3) is 2.31. The van der Waals surface area contributed by atoms with Crippen LogP contribution in [0.5, 0.6) is 0 Å². The molecule has 0 saturated carbocycles. The minimum atomic E-state index is 0.822. The van der Waals surface area contributed by atoms with E-state index in [0.717, 1.165) is 35.0 Å². The van der Waals surface area contributed by atoms with Gasteiger partial charge in [-0.1, -0.05) is 0 Å². The van der Waals surface area contributed by atoms with Crippen LogP contribution in [0.4, 0.5) is 5.82 Å². The third-order valence-electron chi connectivity index (χ3n) is 2.83. The highest BCUT2D eigenvalue weighted by Gasteiger charge is 2.11.